The van der Waals surface area contributed by atoms with Crippen molar-refractivity contribution in [3.8, 4) is 0 Å². The van der Waals surface area contributed by atoms with E-state index in [0.717, 1.165) is 0 Å². The first kappa shape index (κ1) is 14.7. The monoisotopic (exact) mass is 277 g/mol. The number of rotatable bonds is 5. The molecule has 0 amide bonds. The zero-order chi connectivity index (χ0) is 13.1. The molecule has 1 aliphatic heterocycles. The highest BCUT2D eigenvalue weighted by molar-refractivity contribution is 7.91. The van der Waals surface area contributed by atoms with Gasteiger partial charge >= 0.3 is 6.18 Å². The summed E-state index contributed by atoms with van der Waals surface area (Å²) in [5, 5.41) is 12.0. The highest BCUT2D eigenvalue weighted by atomic mass is 32.2. The summed E-state index contributed by atoms with van der Waals surface area (Å²) in [5.74, 6) is -0.512. The van der Waals surface area contributed by atoms with E-state index in [2.05, 4.69) is 10.1 Å². The smallest absolute Gasteiger partial charge is 0.390 e. The summed E-state index contributed by atoms with van der Waals surface area (Å²) in [5.41, 5.74) is 0. The van der Waals surface area contributed by atoms with E-state index in [1.165, 1.54) is 0 Å². The van der Waals surface area contributed by atoms with Crippen LogP contribution < -0.4 is 5.32 Å². The molecule has 1 rings (SSSR count). The van der Waals surface area contributed by atoms with Gasteiger partial charge < -0.3 is 15.2 Å². The number of halogens is 3. The van der Waals surface area contributed by atoms with Gasteiger partial charge in [-0.2, -0.15) is 13.2 Å². The number of sulfone groups is 1. The van der Waals surface area contributed by atoms with Gasteiger partial charge in [-0.1, -0.05) is 0 Å². The summed E-state index contributed by atoms with van der Waals surface area (Å²) < 4.78 is 61.6. The molecule has 1 fully saturated rings. The summed E-state index contributed by atoms with van der Waals surface area (Å²) in [6, 6.07) is -0.630. The Morgan fingerprint density at radius 1 is 1.35 bits per heavy atom. The van der Waals surface area contributed by atoms with Gasteiger partial charge in [0.2, 0.25) is 0 Å². The van der Waals surface area contributed by atoms with Crippen molar-refractivity contribution in [3.63, 3.8) is 0 Å². The lowest BCUT2D eigenvalue weighted by molar-refractivity contribution is -0.173. The Morgan fingerprint density at radius 2 is 2.00 bits per heavy atom. The van der Waals surface area contributed by atoms with Gasteiger partial charge in [0.05, 0.1) is 24.2 Å². The Hall–Kier alpha value is -0.380. The zero-order valence-electron chi connectivity index (χ0n) is 8.90. The highest BCUT2D eigenvalue weighted by Gasteiger charge is 2.35. The molecule has 0 aromatic rings. The fourth-order valence-corrected chi connectivity index (χ4v) is 3.30. The van der Waals surface area contributed by atoms with Crippen molar-refractivity contribution in [1.82, 2.24) is 5.32 Å². The molecule has 2 N–H and O–H groups in total. The topological polar surface area (TPSA) is 75.6 Å². The molecule has 9 heteroatoms. The second-order valence-electron chi connectivity index (χ2n) is 3.87. The number of ether oxygens (including phenoxy) is 1. The molecule has 0 saturated carbocycles. The first-order chi connectivity index (χ1) is 7.70. The van der Waals surface area contributed by atoms with Gasteiger partial charge in [0.1, 0.15) is 6.61 Å². The summed E-state index contributed by atoms with van der Waals surface area (Å²) >= 11 is 0. The Morgan fingerprint density at radius 3 is 2.47 bits per heavy atom. The molecule has 1 aliphatic rings. The molecule has 2 unspecified atom stereocenters. The molecule has 2 atom stereocenters. The predicted molar refractivity (Wildman–Crippen MR) is 53.3 cm³/mol. The van der Waals surface area contributed by atoms with Crippen LogP contribution in [0.1, 0.15) is 0 Å². The molecule has 0 bridgehead atoms. The van der Waals surface area contributed by atoms with Crippen LogP contribution in [0.25, 0.3) is 0 Å². The van der Waals surface area contributed by atoms with Gasteiger partial charge in [-0.05, 0) is 0 Å². The molecule has 0 spiro atoms. The van der Waals surface area contributed by atoms with Crippen molar-refractivity contribution in [2.45, 2.75) is 18.3 Å². The van der Waals surface area contributed by atoms with Crippen LogP contribution in [0.2, 0.25) is 0 Å². The van der Waals surface area contributed by atoms with Gasteiger partial charge in [0.15, 0.2) is 9.84 Å². The van der Waals surface area contributed by atoms with Crippen LogP contribution in [0, 0.1) is 0 Å². The lowest BCUT2D eigenvalue weighted by Gasteiger charge is -2.15. The Balaban J connectivity index is 2.16. The van der Waals surface area contributed by atoms with Crippen molar-refractivity contribution in [3.05, 3.63) is 0 Å². The number of alkyl halides is 3. The Kier molecular flexibility index (Phi) is 4.76. The SMILES string of the molecule is O=S1(=O)CC(O)C(NCCOCC(F)(F)F)C1. The van der Waals surface area contributed by atoms with Crippen LogP contribution in [0.15, 0.2) is 0 Å². The van der Waals surface area contributed by atoms with Gasteiger partial charge in [-0.15, -0.1) is 0 Å². The maximum atomic E-state index is 11.7. The second-order valence-corrected chi connectivity index (χ2v) is 6.03. The van der Waals surface area contributed by atoms with E-state index < -0.39 is 34.8 Å². The molecular formula is C8H14F3NO4S. The summed E-state index contributed by atoms with van der Waals surface area (Å²) in [6.45, 7) is -1.46. The summed E-state index contributed by atoms with van der Waals surface area (Å²) in [7, 11) is -3.24. The van der Waals surface area contributed by atoms with Crippen LogP contribution in [0.5, 0.6) is 0 Å². The molecule has 0 aromatic heterocycles. The van der Waals surface area contributed by atoms with Crippen molar-refractivity contribution in [1.29, 1.82) is 0 Å². The molecule has 1 saturated heterocycles. The fraction of sp³-hybridized carbons (Fsp3) is 1.00. The van der Waals surface area contributed by atoms with E-state index in [-0.39, 0.29) is 24.7 Å². The predicted octanol–water partition coefficient (Wildman–Crippen LogP) is -0.687. The summed E-state index contributed by atoms with van der Waals surface area (Å²) in [6.07, 6.45) is -5.38. The zero-order valence-corrected chi connectivity index (χ0v) is 9.72. The molecule has 1 heterocycles. The van der Waals surface area contributed by atoms with Crippen LogP contribution in [0.3, 0.4) is 0 Å². The molecular weight excluding hydrogens is 263 g/mol. The largest absolute Gasteiger partial charge is 0.411 e. The van der Waals surface area contributed by atoms with E-state index >= 15 is 0 Å². The number of aliphatic hydroxyl groups is 1. The number of hydrogen-bond acceptors (Lipinski definition) is 5. The number of nitrogens with one attached hydrogen (secondary N) is 1. The van der Waals surface area contributed by atoms with E-state index in [1.54, 1.807) is 0 Å². The fourth-order valence-electron chi connectivity index (χ4n) is 1.53. The van der Waals surface area contributed by atoms with Crippen LogP contribution >= 0.6 is 0 Å². The van der Waals surface area contributed by atoms with Crippen molar-refractivity contribution < 1.29 is 31.4 Å². The number of hydrogen-bond donors (Lipinski definition) is 2. The maximum absolute atomic E-state index is 11.7. The average Bonchev–Trinajstić information content (AvgIpc) is 2.37. The van der Waals surface area contributed by atoms with E-state index in [9.17, 15) is 26.7 Å². The van der Waals surface area contributed by atoms with Gasteiger partial charge in [0.25, 0.3) is 0 Å². The van der Waals surface area contributed by atoms with Gasteiger partial charge in [-0.25, -0.2) is 8.42 Å². The molecule has 0 aromatic carbocycles. The minimum atomic E-state index is -4.36. The maximum Gasteiger partial charge on any atom is 0.411 e. The van der Waals surface area contributed by atoms with Crippen molar-refractivity contribution in [2.24, 2.45) is 0 Å². The first-order valence-electron chi connectivity index (χ1n) is 4.96. The second kappa shape index (κ2) is 5.51. The average molecular weight is 277 g/mol. The first-order valence-corrected chi connectivity index (χ1v) is 6.78. The Labute approximate surface area is 96.9 Å². The third-order valence-electron chi connectivity index (χ3n) is 2.24. The normalized spacial score (nSPS) is 28.5. The van der Waals surface area contributed by atoms with Crippen LogP contribution in [0.4, 0.5) is 13.2 Å². The summed E-state index contributed by atoms with van der Waals surface area (Å²) in [4.78, 5) is 0. The van der Waals surface area contributed by atoms with Crippen molar-refractivity contribution in [2.75, 3.05) is 31.3 Å². The standard InChI is InChI=1S/C8H14F3NO4S/c9-8(10,11)5-16-2-1-12-6-3-17(14,15)4-7(6)13/h6-7,12-13H,1-5H2. The molecule has 0 radical (unpaired) electrons. The van der Waals surface area contributed by atoms with E-state index in [0.29, 0.717) is 0 Å². The van der Waals surface area contributed by atoms with Crippen molar-refractivity contribution >= 4 is 9.84 Å². The molecule has 17 heavy (non-hydrogen) atoms. The minimum Gasteiger partial charge on any atom is -0.390 e. The highest BCUT2D eigenvalue weighted by Crippen LogP contribution is 2.14. The lowest BCUT2D eigenvalue weighted by atomic mass is 10.2. The van der Waals surface area contributed by atoms with Gasteiger partial charge in [0, 0.05) is 12.6 Å². The van der Waals surface area contributed by atoms with E-state index in [4.69, 9.17) is 0 Å². The van der Waals surface area contributed by atoms with Crippen LogP contribution in [-0.4, -0.2) is 63.1 Å². The third kappa shape index (κ3) is 5.66. The third-order valence-corrected chi connectivity index (χ3v) is 3.96. The molecule has 5 nitrogen and oxygen atoms in total. The van der Waals surface area contributed by atoms with Crippen LogP contribution in [-0.2, 0) is 14.6 Å². The quantitative estimate of drug-likeness (QED) is 0.651. The van der Waals surface area contributed by atoms with Gasteiger partial charge in [-0.3, -0.25) is 0 Å². The molecule has 102 valence electrons. The lowest BCUT2D eigenvalue weighted by Crippen LogP contribution is -2.40. The number of aliphatic hydroxyl groups excluding tert-OH is 1. The molecule has 0 aliphatic carbocycles. The van der Waals surface area contributed by atoms with E-state index in [1.807, 2.05) is 0 Å². The minimum absolute atomic E-state index is 0.0628. The Bertz CT molecular complexity index is 343.